The number of thiazole rings is 2. The molecule has 2 unspecified atom stereocenters. The van der Waals surface area contributed by atoms with Gasteiger partial charge in [0.1, 0.15) is 5.69 Å². The maximum atomic E-state index is 12.1. The maximum Gasteiger partial charge on any atom is 0.270 e. The van der Waals surface area contributed by atoms with Crippen LogP contribution in [0.4, 0.5) is 0 Å². The number of amides is 1. The monoisotopic (exact) mass is 336 g/mol. The van der Waals surface area contributed by atoms with Crippen LogP contribution in [0.3, 0.4) is 0 Å². The van der Waals surface area contributed by atoms with Gasteiger partial charge in [-0.25, -0.2) is 9.97 Å². The molecule has 7 heteroatoms. The van der Waals surface area contributed by atoms with Crippen LogP contribution in [0.25, 0.3) is 0 Å². The highest BCUT2D eigenvalue weighted by Crippen LogP contribution is 2.21. The summed E-state index contributed by atoms with van der Waals surface area (Å²) in [7, 11) is 0. The number of carbonyl (C=O) groups is 1. The van der Waals surface area contributed by atoms with Gasteiger partial charge in [0, 0.05) is 42.1 Å². The number of hydrogen-bond donors (Lipinski definition) is 1. The molecule has 118 valence electrons. The molecule has 1 amide bonds. The molecule has 1 fully saturated rings. The zero-order valence-electron chi connectivity index (χ0n) is 12.8. The minimum Gasteiger partial charge on any atom is -0.348 e. The van der Waals surface area contributed by atoms with E-state index < -0.39 is 0 Å². The van der Waals surface area contributed by atoms with E-state index in [1.54, 1.807) is 22.2 Å². The summed E-state index contributed by atoms with van der Waals surface area (Å²) in [6, 6.07) is 0.230. The quantitative estimate of drug-likeness (QED) is 0.932. The standard InChI is InChI=1S/C15H20N4OS2/c1-10-6-19(7-12-5-16-11(2)22-12)4-3-13(10)18-15(20)14-8-21-9-17-14/h5,8-10,13H,3-4,6-7H2,1-2H3,(H,18,20). The summed E-state index contributed by atoms with van der Waals surface area (Å²) >= 11 is 3.21. The van der Waals surface area contributed by atoms with Crippen LogP contribution in [0.15, 0.2) is 17.1 Å². The fraction of sp³-hybridized carbons (Fsp3) is 0.533. The lowest BCUT2D eigenvalue weighted by Crippen LogP contribution is -2.49. The Kier molecular flexibility index (Phi) is 4.85. The normalized spacial score (nSPS) is 22.6. The van der Waals surface area contributed by atoms with Gasteiger partial charge in [0.05, 0.1) is 10.5 Å². The van der Waals surface area contributed by atoms with Gasteiger partial charge in [0.25, 0.3) is 5.91 Å². The van der Waals surface area contributed by atoms with Gasteiger partial charge in [-0.05, 0) is 19.3 Å². The molecule has 2 atom stereocenters. The fourth-order valence-electron chi connectivity index (χ4n) is 2.86. The third-order valence-electron chi connectivity index (χ3n) is 4.02. The third-order valence-corrected chi connectivity index (χ3v) is 5.50. The number of nitrogens with one attached hydrogen (secondary N) is 1. The van der Waals surface area contributed by atoms with Crippen LogP contribution >= 0.6 is 22.7 Å². The van der Waals surface area contributed by atoms with Crippen molar-refractivity contribution in [1.82, 2.24) is 20.2 Å². The lowest BCUT2D eigenvalue weighted by Gasteiger charge is -2.36. The van der Waals surface area contributed by atoms with Gasteiger partial charge in [-0.3, -0.25) is 9.69 Å². The van der Waals surface area contributed by atoms with Gasteiger partial charge >= 0.3 is 0 Å². The van der Waals surface area contributed by atoms with Crippen LogP contribution in [0.2, 0.25) is 0 Å². The van der Waals surface area contributed by atoms with E-state index in [-0.39, 0.29) is 11.9 Å². The number of hydrogen-bond acceptors (Lipinski definition) is 6. The van der Waals surface area contributed by atoms with Crippen LogP contribution in [0, 0.1) is 12.8 Å². The highest BCUT2D eigenvalue weighted by molar-refractivity contribution is 7.11. The topological polar surface area (TPSA) is 58.1 Å². The molecule has 0 aliphatic carbocycles. The summed E-state index contributed by atoms with van der Waals surface area (Å²) in [5.74, 6) is 0.384. The first-order chi connectivity index (χ1) is 10.6. The van der Waals surface area contributed by atoms with Crippen LogP contribution in [0.1, 0.15) is 33.7 Å². The summed E-state index contributed by atoms with van der Waals surface area (Å²) in [6.45, 7) is 7.21. The number of rotatable bonds is 4. The van der Waals surface area contributed by atoms with E-state index in [0.29, 0.717) is 11.6 Å². The summed E-state index contributed by atoms with van der Waals surface area (Å²) < 4.78 is 0. The Balaban J connectivity index is 1.52. The van der Waals surface area contributed by atoms with E-state index >= 15 is 0 Å². The van der Waals surface area contributed by atoms with Gasteiger partial charge in [0.2, 0.25) is 0 Å². The van der Waals surface area contributed by atoms with E-state index in [2.05, 4.69) is 27.1 Å². The Morgan fingerprint density at radius 2 is 2.36 bits per heavy atom. The van der Waals surface area contributed by atoms with E-state index in [1.165, 1.54) is 16.2 Å². The molecule has 0 saturated carbocycles. The number of aromatic nitrogens is 2. The highest BCUT2D eigenvalue weighted by atomic mass is 32.1. The SMILES string of the molecule is Cc1ncc(CN2CCC(NC(=O)c3cscn3)C(C)C2)s1. The summed E-state index contributed by atoms with van der Waals surface area (Å²) in [5.41, 5.74) is 2.22. The van der Waals surface area contributed by atoms with Crippen molar-refractivity contribution in [3.63, 3.8) is 0 Å². The average Bonchev–Trinajstić information content (AvgIpc) is 3.13. The Bertz CT molecular complexity index is 625. The Hall–Kier alpha value is -1.31. The Morgan fingerprint density at radius 1 is 1.50 bits per heavy atom. The molecule has 0 spiro atoms. The van der Waals surface area contributed by atoms with E-state index in [0.717, 1.165) is 31.1 Å². The molecule has 2 aromatic rings. The molecule has 1 aliphatic rings. The van der Waals surface area contributed by atoms with Crippen LogP contribution in [-0.4, -0.2) is 39.9 Å². The molecular weight excluding hydrogens is 316 g/mol. The fourth-order valence-corrected chi connectivity index (χ4v) is 4.23. The van der Waals surface area contributed by atoms with Gasteiger partial charge in [-0.2, -0.15) is 0 Å². The van der Waals surface area contributed by atoms with Gasteiger partial charge in [-0.15, -0.1) is 22.7 Å². The average molecular weight is 336 g/mol. The van der Waals surface area contributed by atoms with Crippen LogP contribution in [-0.2, 0) is 6.54 Å². The van der Waals surface area contributed by atoms with Crippen molar-refractivity contribution in [1.29, 1.82) is 0 Å². The smallest absolute Gasteiger partial charge is 0.270 e. The molecule has 0 aromatic carbocycles. The van der Waals surface area contributed by atoms with Crippen LogP contribution in [0.5, 0.6) is 0 Å². The molecule has 1 aliphatic heterocycles. The van der Waals surface area contributed by atoms with Gasteiger partial charge in [-0.1, -0.05) is 6.92 Å². The van der Waals surface area contributed by atoms with Crippen molar-refractivity contribution in [2.24, 2.45) is 5.92 Å². The first kappa shape index (κ1) is 15.6. The largest absolute Gasteiger partial charge is 0.348 e. The number of aryl methyl sites for hydroxylation is 1. The number of carbonyl (C=O) groups excluding carboxylic acids is 1. The van der Waals surface area contributed by atoms with Crippen molar-refractivity contribution < 1.29 is 4.79 Å². The first-order valence-corrected chi connectivity index (χ1v) is 9.20. The summed E-state index contributed by atoms with van der Waals surface area (Å²) in [4.78, 5) is 24.3. The summed E-state index contributed by atoms with van der Waals surface area (Å²) in [5, 5.41) is 6.04. The number of likely N-dealkylation sites (tertiary alicyclic amines) is 1. The van der Waals surface area contributed by atoms with Crippen molar-refractivity contribution in [3.05, 3.63) is 32.7 Å². The predicted octanol–water partition coefficient (Wildman–Crippen LogP) is 2.55. The van der Waals surface area contributed by atoms with E-state index in [4.69, 9.17) is 0 Å². The molecule has 1 N–H and O–H groups in total. The molecule has 3 rings (SSSR count). The predicted molar refractivity (Wildman–Crippen MR) is 89.3 cm³/mol. The van der Waals surface area contributed by atoms with Gasteiger partial charge in [0.15, 0.2) is 0 Å². The molecule has 0 radical (unpaired) electrons. The zero-order valence-corrected chi connectivity index (χ0v) is 14.4. The zero-order chi connectivity index (χ0) is 15.5. The molecule has 2 aromatic heterocycles. The molecule has 5 nitrogen and oxygen atoms in total. The molecular formula is C15H20N4OS2. The maximum absolute atomic E-state index is 12.1. The summed E-state index contributed by atoms with van der Waals surface area (Å²) in [6.07, 6.45) is 2.95. The first-order valence-electron chi connectivity index (χ1n) is 7.44. The van der Waals surface area contributed by atoms with E-state index in [1.807, 2.05) is 13.1 Å². The van der Waals surface area contributed by atoms with Crippen LogP contribution < -0.4 is 5.32 Å². The second-order valence-electron chi connectivity index (χ2n) is 5.80. The second-order valence-corrected chi connectivity index (χ2v) is 7.84. The highest BCUT2D eigenvalue weighted by Gasteiger charge is 2.28. The molecule has 1 saturated heterocycles. The number of nitrogens with zero attached hydrogens (tertiary/aromatic N) is 3. The van der Waals surface area contributed by atoms with E-state index in [9.17, 15) is 4.79 Å². The molecule has 0 bridgehead atoms. The molecule has 3 heterocycles. The second kappa shape index (κ2) is 6.85. The third kappa shape index (κ3) is 3.71. The number of piperidine rings is 1. The minimum absolute atomic E-state index is 0.0513. The van der Waals surface area contributed by atoms with Crippen molar-refractivity contribution >= 4 is 28.6 Å². The van der Waals surface area contributed by atoms with Crippen molar-refractivity contribution in [2.75, 3.05) is 13.1 Å². The lowest BCUT2D eigenvalue weighted by atomic mass is 9.93. The lowest BCUT2D eigenvalue weighted by molar-refractivity contribution is 0.0857. The molecule has 22 heavy (non-hydrogen) atoms. The minimum atomic E-state index is -0.0513. The van der Waals surface area contributed by atoms with Gasteiger partial charge < -0.3 is 5.32 Å². The Morgan fingerprint density at radius 3 is 3.00 bits per heavy atom. The Labute approximate surface area is 138 Å². The van der Waals surface area contributed by atoms with Crippen molar-refractivity contribution in [2.45, 2.75) is 32.9 Å². The van der Waals surface area contributed by atoms with Crippen molar-refractivity contribution in [3.8, 4) is 0 Å².